The first-order valence-electron chi connectivity index (χ1n) is 11.5. The number of benzene rings is 1. The van der Waals surface area contributed by atoms with E-state index in [1.165, 1.54) is 12.8 Å². The summed E-state index contributed by atoms with van der Waals surface area (Å²) in [5.41, 5.74) is 1.55. The molecule has 1 saturated carbocycles. The van der Waals surface area contributed by atoms with Crippen LogP contribution in [0.4, 0.5) is 10.5 Å². The van der Waals surface area contributed by atoms with Gasteiger partial charge in [-0.15, -0.1) is 0 Å². The Morgan fingerprint density at radius 2 is 1.91 bits per heavy atom. The number of carbonyl (C=O) groups excluding carboxylic acids is 1. The Morgan fingerprint density at radius 3 is 2.56 bits per heavy atom. The van der Waals surface area contributed by atoms with E-state index in [-0.39, 0.29) is 12.2 Å². The number of ether oxygens (including phenoxy) is 3. The van der Waals surface area contributed by atoms with Crippen molar-refractivity contribution >= 4 is 22.7 Å². The molecule has 2 aromatic rings. The zero-order valence-corrected chi connectivity index (χ0v) is 20.2. The molecule has 0 spiro atoms. The number of fused-ring (bicyclic) bond motifs is 3. The minimum Gasteiger partial charge on any atom is -0.497 e. The summed E-state index contributed by atoms with van der Waals surface area (Å²) in [4.78, 5) is 15.9. The molecule has 1 aliphatic heterocycles. The van der Waals surface area contributed by atoms with Gasteiger partial charge in [0.2, 0.25) is 0 Å². The van der Waals surface area contributed by atoms with Crippen LogP contribution in [-0.2, 0) is 4.74 Å². The Balaban J connectivity index is 0.000000183. The largest absolute Gasteiger partial charge is 0.497 e. The van der Waals surface area contributed by atoms with Crippen molar-refractivity contribution in [1.29, 1.82) is 0 Å². The lowest BCUT2D eigenvalue weighted by Crippen LogP contribution is -2.40. The molecule has 1 atom stereocenters. The van der Waals surface area contributed by atoms with E-state index in [0.717, 1.165) is 53.4 Å². The van der Waals surface area contributed by atoms with Crippen LogP contribution in [0.3, 0.4) is 0 Å². The molecule has 7 heteroatoms. The van der Waals surface area contributed by atoms with Crippen molar-refractivity contribution in [3.8, 4) is 11.5 Å². The Labute approximate surface area is 191 Å². The van der Waals surface area contributed by atoms with E-state index in [4.69, 9.17) is 14.2 Å². The maximum Gasteiger partial charge on any atom is 0.407 e. The van der Waals surface area contributed by atoms with E-state index in [1.807, 2.05) is 45.9 Å². The van der Waals surface area contributed by atoms with Crippen LogP contribution in [0.15, 0.2) is 24.4 Å². The van der Waals surface area contributed by atoms with E-state index in [1.54, 1.807) is 13.3 Å². The van der Waals surface area contributed by atoms with Crippen molar-refractivity contribution < 1.29 is 19.0 Å². The number of hydrogen-bond acceptors (Lipinski definition) is 6. The van der Waals surface area contributed by atoms with Gasteiger partial charge in [-0.1, -0.05) is 6.92 Å². The second-order valence-electron chi connectivity index (χ2n) is 9.79. The average molecular weight is 444 g/mol. The van der Waals surface area contributed by atoms with E-state index in [0.29, 0.717) is 6.04 Å². The maximum atomic E-state index is 11.5. The topological polar surface area (TPSA) is 81.7 Å². The van der Waals surface area contributed by atoms with Crippen LogP contribution < -0.4 is 20.1 Å². The molecule has 1 aliphatic carbocycles. The van der Waals surface area contributed by atoms with Gasteiger partial charge in [-0.2, -0.15) is 0 Å². The number of methoxy groups -OCH3 is 1. The van der Waals surface area contributed by atoms with Gasteiger partial charge in [-0.3, -0.25) is 4.98 Å². The Kier molecular flexibility index (Phi) is 7.69. The third kappa shape index (κ3) is 6.65. The number of anilines is 1. The minimum atomic E-state index is -0.397. The van der Waals surface area contributed by atoms with Crippen LogP contribution in [0.5, 0.6) is 11.5 Å². The van der Waals surface area contributed by atoms with E-state index in [9.17, 15) is 4.79 Å². The van der Waals surface area contributed by atoms with Crippen LogP contribution >= 0.6 is 0 Å². The van der Waals surface area contributed by atoms with Crippen molar-refractivity contribution in [2.45, 2.75) is 78.0 Å². The molecular weight excluding hydrogens is 406 g/mol. The van der Waals surface area contributed by atoms with E-state index < -0.39 is 5.60 Å². The maximum absolute atomic E-state index is 11.5. The molecule has 2 N–H and O–H groups in total. The second kappa shape index (κ2) is 10.3. The Morgan fingerprint density at radius 1 is 1.19 bits per heavy atom. The van der Waals surface area contributed by atoms with Gasteiger partial charge in [0.15, 0.2) is 5.75 Å². The van der Waals surface area contributed by atoms with Gasteiger partial charge in [0, 0.05) is 11.4 Å². The monoisotopic (exact) mass is 443 g/mol. The molecule has 1 amide bonds. The molecule has 176 valence electrons. The summed E-state index contributed by atoms with van der Waals surface area (Å²) in [5.74, 6) is 2.44. The Hall–Kier alpha value is -2.70. The molecular formula is C25H37N3O4. The van der Waals surface area contributed by atoms with Crippen LogP contribution in [0.25, 0.3) is 10.9 Å². The van der Waals surface area contributed by atoms with Gasteiger partial charge >= 0.3 is 6.09 Å². The number of carbonyl (C=O) groups is 1. The van der Waals surface area contributed by atoms with Crippen LogP contribution in [0, 0.1) is 5.92 Å². The summed E-state index contributed by atoms with van der Waals surface area (Å²) in [7, 11) is 1.66. The van der Waals surface area contributed by atoms with Crippen molar-refractivity contribution in [2.75, 3.05) is 19.0 Å². The summed E-state index contributed by atoms with van der Waals surface area (Å²) in [6, 6.07) is 6.16. The number of nitrogens with one attached hydrogen (secondary N) is 2. The highest BCUT2D eigenvalue weighted by atomic mass is 16.6. The SMILES string of the molecule is CC1CCC(NC(=O)OC(C)(C)C)CC1.COc1ccc2ncc3c(c2c1)NCC(C)O3. The second-order valence-corrected chi connectivity index (χ2v) is 9.79. The normalized spacial score (nSPS) is 22.4. The number of nitrogens with zero attached hydrogens (tertiary/aromatic N) is 1. The summed E-state index contributed by atoms with van der Waals surface area (Å²) in [6.07, 6.45) is 6.25. The predicted octanol–water partition coefficient (Wildman–Crippen LogP) is 5.53. The lowest BCUT2D eigenvalue weighted by atomic mass is 9.87. The fourth-order valence-electron chi connectivity index (χ4n) is 3.93. The molecule has 1 unspecified atom stereocenters. The number of rotatable bonds is 2. The van der Waals surface area contributed by atoms with E-state index >= 15 is 0 Å². The van der Waals surface area contributed by atoms with Gasteiger partial charge in [-0.05, 0) is 77.5 Å². The fourth-order valence-corrected chi connectivity index (χ4v) is 3.93. The lowest BCUT2D eigenvalue weighted by molar-refractivity contribution is 0.0488. The third-order valence-corrected chi connectivity index (χ3v) is 5.67. The smallest absolute Gasteiger partial charge is 0.407 e. The first-order chi connectivity index (χ1) is 15.1. The number of aromatic nitrogens is 1. The van der Waals surface area contributed by atoms with Gasteiger partial charge < -0.3 is 24.8 Å². The lowest BCUT2D eigenvalue weighted by Gasteiger charge is -2.28. The molecule has 1 aromatic carbocycles. The van der Waals surface area contributed by atoms with Crippen molar-refractivity contribution in [1.82, 2.24) is 10.3 Å². The third-order valence-electron chi connectivity index (χ3n) is 5.67. The first kappa shape index (κ1) is 24.0. The summed E-state index contributed by atoms with van der Waals surface area (Å²) >= 11 is 0. The average Bonchev–Trinajstić information content (AvgIpc) is 2.73. The number of pyridine rings is 1. The summed E-state index contributed by atoms with van der Waals surface area (Å²) < 4.78 is 16.2. The highest BCUT2D eigenvalue weighted by molar-refractivity contribution is 5.95. The predicted molar refractivity (Wildman–Crippen MR) is 128 cm³/mol. The molecule has 4 rings (SSSR count). The molecule has 0 radical (unpaired) electrons. The highest BCUT2D eigenvalue weighted by Gasteiger charge is 2.23. The molecule has 1 aromatic heterocycles. The molecule has 1 fully saturated rings. The minimum absolute atomic E-state index is 0.173. The molecule has 0 saturated heterocycles. The fraction of sp³-hybridized carbons (Fsp3) is 0.600. The molecule has 7 nitrogen and oxygen atoms in total. The van der Waals surface area contributed by atoms with Gasteiger partial charge in [0.05, 0.1) is 31.1 Å². The molecule has 2 aliphatic rings. The van der Waals surface area contributed by atoms with Crippen LogP contribution in [0.1, 0.15) is 60.3 Å². The van der Waals surface area contributed by atoms with E-state index in [2.05, 4.69) is 22.5 Å². The summed E-state index contributed by atoms with van der Waals surface area (Å²) in [6.45, 7) is 10.8. The quantitative estimate of drug-likeness (QED) is 0.635. The number of amides is 1. The summed E-state index contributed by atoms with van der Waals surface area (Å²) in [5, 5.41) is 7.36. The Bertz CT molecular complexity index is 917. The number of hydrogen-bond donors (Lipinski definition) is 2. The zero-order valence-electron chi connectivity index (χ0n) is 20.2. The van der Waals surface area contributed by atoms with Crippen molar-refractivity contribution in [3.05, 3.63) is 24.4 Å². The molecule has 32 heavy (non-hydrogen) atoms. The molecule has 2 heterocycles. The van der Waals surface area contributed by atoms with Gasteiger partial charge in [0.25, 0.3) is 0 Å². The van der Waals surface area contributed by atoms with Crippen molar-refractivity contribution in [2.24, 2.45) is 5.92 Å². The highest BCUT2D eigenvalue weighted by Crippen LogP contribution is 2.36. The van der Waals surface area contributed by atoms with Gasteiger partial charge in [-0.25, -0.2) is 4.79 Å². The first-order valence-corrected chi connectivity index (χ1v) is 11.5. The molecule has 0 bridgehead atoms. The zero-order chi connectivity index (χ0) is 23.3. The van der Waals surface area contributed by atoms with Crippen LogP contribution in [-0.4, -0.2) is 42.5 Å². The van der Waals surface area contributed by atoms with Crippen molar-refractivity contribution in [3.63, 3.8) is 0 Å². The number of alkyl carbamates (subject to hydrolysis) is 1. The van der Waals surface area contributed by atoms with Crippen LogP contribution in [0.2, 0.25) is 0 Å². The standard InChI is InChI=1S/C13H14N2O2.C12H23NO2/c1-8-6-15-13-10-5-9(16-2)3-4-11(10)14-7-12(13)17-8;1-9-5-7-10(8-6-9)13-11(14)15-12(2,3)4/h3-5,7-8,15H,6H2,1-2H3;9-10H,5-8H2,1-4H3,(H,13,14). The van der Waals surface area contributed by atoms with Gasteiger partial charge in [0.1, 0.15) is 17.5 Å².